The van der Waals surface area contributed by atoms with Crippen LogP contribution in [0.3, 0.4) is 0 Å². The van der Waals surface area contributed by atoms with Crippen molar-refractivity contribution in [1.29, 1.82) is 0 Å². The molecule has 0 amide bonds. The number of carbonyl (C=O) groups is 1. The molecule has 0 saturated carbocycles. The van der Waals surface area contributed by atoms with Crippen molar-refractivity contribution < 1.29 is 9.63 Å². The molecule has 0 fully saturated rings. The molecule has 0 saturated heterocycles. The molecule has 0 heterocycles. The van der Waals surface area contributed by atoms with Gasteiger partial charge in [0.05, 0.1) is 0 Å². The van der Waals surface area contributed by atoms with E-state index in [1.165, 1.54) is 0 Å². The molecule has 2 aromatic rings. The van der Waals surface area contributed by atoms with E-state index in [0.717, 1.165) is 5.56 Å². The highest BCUT2D eigenvalue weighted by Crippen LogP contribution is 2.15. The first kappa shape index (κ1) is 14.5. The summed E-state index contributed by atoms with van der Waals surface area (Å²) < 4.78 is 0. The maximum Gasteiger partial charge on any atom is 0.192 e. The Bertz CT molecular complexity index is 649. The first-order valence-electron chi connectivity index (χ1n) is 6.31. The summed E-state index contributed by atoms with van der Waals surface area (Å²) in [7, 11) is 0. The predicted octanol–water partition coefficient (Wildman–Crippen LogP) is 3.23. The van der Waals surface area contributed by atoms with E-state index in [1.807, 2.05) is 6.07 Å². The number of hydrogen-bond acceptors (Lipinski definition) is 5. The first-order chi connectivity index (χ1) is 10.2. The first-order valence-corrected chi connectivity index (χ1v) is 6.31. The Morgan fingerprint density at radius 1 is 1.10 bits per heavy atom. The monoisotopic (exact) mass is 282 g/mol. The van der Waals surface area contributed by atoms with E-state index < -0.39 is 0 Å². The van der Waals surface area contributed by atoms with E-state index >= 15 is 0 Å². The van der Waals surface area contributed by atoms with Gasteiger partial charge in [0.1, 0.15) is 6.61 Å². The largest absolute Gasteiger partial charge is 0.399 e. The zero-order valence-corrected chi connectivity index (χ0v) is 11.2. The van der Waals surface area contributed by atoms with Gasteiger partial charge in [0.2, 0.25) is 0 Å². The minimum absolute atomic E-state index is 0.179. The average Bonchev–Trinajstić information content (AvgIpc) is 2.53. The summed E-state index contributed by atoms with van der Waals surface area (Å²) in [6.45, 7) is -0.179. The number of hydrogen-bond donors (Lipinski definition) is 1. The summed E-state index contributed by atoms with van der Waals surface area (Å²) in [4.78, 5) is 27.0. The van der Waals surface area contributed by atoms with Crippen LogP contribution in [0.25, 0.3) is 6.08 Å². The van der Waals surface area contributed by atoms with Gasteiger partial charge >= 0.3 is 0 Å². The topological polar surface area (TPSA) is 81.8 Å². The van der Waals surface area contributed by atoms with Gasteiger partial charge in [-0.1, -0.05) is 42.5 Å². The molecule has 2 N–H and O–H groups in total. The molecule has 2 rings (SSSR count). The maximum atomic E-state index is 12.4. The van der Waals surface area contributed by atoms with E-state index in [2.05, 4.69) is 10.2 Å². The van der Waals surface area contributed by atoms with E-state index in [4.69, 9.17) is 5.73 Å². The van der Waals surface area contributed by atoms with E-state index in [9.17, 15) is 9.70 Å². The second kappa shape index (κ2) is 7.00. The molecule has 5 nitrogen and oxygen atoms in total. The molecular formula is C16H14N2O3. The molecule has 0 aromatic heterocycles. The normalized spacial score (nSPS) is 11.0. The predicted molar refractivity (Wildman–Crippen MR) is 81.4 cm³/mol. The van der Waals surface area contributed by atoms with Gasteiger partial charge in [0, 0.05) is 16.8 Å². The third-order valence-electron chi connectivity index (χ3n) is 2.88. The van der Waals surface area contributed by atoms with Crippen molar-refractivity contribution in [2.75, 3.05) is 12.3 Å². The summed E-state index contributed by atoms with van der Waals surface area (Å²) in [5, 5.41) is 2.34. The average molecular weight is 282 g/mol. The number of benzene rings is 2. The summed E-state index contributed by atoms with van der Waals surface area (Å²) in [6.07, 6.45) is 1.65. The number of nitrogens with zero attached hydrogens (tertiary/aromatic N) is 1. The molecule has 0 bridgehead atoms. The third-order valence-corrected chi connectivity index (χ3v) is 2.88. The van der Waals surface area contributed by atoms with Gasteiger partial charge in [0.25, 0.3) is 0 Å². The highest BCUT2D eigenvalue weighted by atomic mass is 16.7. The number of anilines is 1. The van der Waals surface area contributed by atoms with Crippen LogP contribution < -0.4 is 5.73 Å². The molecule has 0 spiro atoms. The molecule has 5 heteroatoms. The zero-order chi connectivity index (χ0) is 15.1. The van der Waals surface area contributed by atoms with E-state index in [1.54, 1.807) is 54.6 Å². The lowest BCUT2D eigenvalue weighted by atomic mass is 10.0. The van der Waals surface area contributed by atoms with Crippen LogP contribution in [0.4, 0.5) is 5.69 Å². The number of nitrogens with two attached hydrogens (primary N) is 1. The van der Waals surface area contributed by atoms with Crippen molar-refractivity contribution in [3.8, 4) is 0 Å². The SMILES string of the molecule is Nc1ccc(C=C(CON=O)C(=O)c2ccccc2)cc1. The summed E-state index contributed by atoms with van der Waals surface area (Å²) in [5.41, 5.74) is 7.90. The highest BCUT2D eigenvalue weighted by Gasteiger charge is 2.13. The van der Waals surface area contributed by atoms with Gasteiger partial charge in [-0.2, -0.15) is 0 Å². The van der Waals surface area contributed by atoms with Crippen LogP contribution in [0.2, 0.25) is 0 Å². The number of rotatable bonds is 6. The van der Waals surface area contributed by atoms with Gasteiger partial charge in [-0.05, 0) is 23.8 Å². The fraction of sp³-hybridized carbons (Fsp3) is 0.0625. The van der Waals surface area contributed by atoms with Crippen molar-refractivity contribution in [3.63, 3.8) is 0 Å². The van der Waals surface area contributed by atoms with Crippen molar-refractivity contribution in [2.45, 2.75) is 0 Å². The molecule has 0 radical (unpaired) electrons. The van der Waals surface area contributed by atoms with Gasteiger partial charge in [-0.3, -0.25) is 4.79 Å². The van der Waals surface area contributed by atoms with Gasteiger partial charge in [0.15, 0.2) is 11.1 Å². The Labute approximate surface area is 122 Å². The molecule has 106 valence electrons. The Morgan fingerprint density at radius 2 is 1.76 bits per heavy atom. The smallest absolute Gasteiger partial charge is 0.192 e. The van der Waals surface area contributed by atoms with Crippen LogP contribution in [0.1, 0.15) is 15.9 Å². The number of carbonyl (C=O) groups excluding carboxylic acids is 1. The molecule has 0 aliphatic rings. The molecular weight excluding hydrogens is 268 g/mol. The molecule has 0 aliphatic carbocycles. The summed E-state index contributed by atoms with van der Waals surface area (Å²) in [6, 6.07) is 15.8. The van der Waals surface area contributed by atoms with Gasteiger partial charge < -0.3 is 10.6 Å². The van der Waals surface area contributed by atoms with Gasteiger partial charge in [-0.15, -0.1) is 4.91 Å². The Kier molecular flexibility index (Phi) is 4.82. The van der Waals surface area contributed by atoms with Crippen LogP contribution in [0.5, 0.6) is 0 Å². The zero-order valence-electron chi connectivity index (χ0n) is 11.2. The number of nitrogen functional groups attached to an aromatic ring is 1. The Morgan fingerprint density at radius 3 is 2.38 bits per heavy atom. The fourth-order valence-corrected chi connectivity index (χ4v) is 1.84. The van der Waals surface area contributed by atoms with Crippen molar-refractivity contribution >= 4 is 17.5 Å². The lowest BCUT2D eigenvalue weighted by Gasteiger charge is -2.05. The van der Waals surface area contributed by atoms with Crippen LogP contribution in [-0.2, 0) is 4.84 Å². The molecule has 21 heavy (non-hydrogen) atoms. The minimum atomic E-state index is -0.212. The second-order valence-electron chi connectivity index (χ2n) is 4.38. The third kappa shape index (κ3) is 4.01. The quantitative estimate of drug-likeness (QED) is 0.290. The summed E-state index contributed by atoms with van der Waals surface area (Å²) in [5.74, 6) is -0.212. The minimum Gasteiger partial charge on any atom is -0.399 e. The Hall–Kier alpha value is -2.95. The van der Waals surface area contributed by atoms with Crippen molar-refractivity contribution in [2.24, 2.45) is 5.34 Å². The highest BCUT2D eigenvalue weighted by molar-refractivity contribution is 6.11. The fourth-order valence-electron chi connectivity index (χ4n) is 1.84. The standard InChI is InChI=1S/C16H14N2O3/c17-15-8-6-12(7-9-15)10-14(11-21-18-20)16(19)13-4-2-1-3-5-13/h1-10H,11,17H2. The number of ketones is 1. The lowest BCUT2D eigenvalue weighted by Crippen LogP contribution is -2.08. The Balaban J connectivity index is 2.31. The van der Waals surface area contributed by atoms with E-state index in [0.29, 0.717) is 16.8 Å². The summed E-state index contributed by atoms with van der Waals surface area (Å²) >= 11 is 0. The molecule has 0 unspecified atom stereocenters. The van der Waals surface area contributed by atoms with Crippen LogP contribution in [0.15, 0.2) is 65.5 Å². The maximum absolute atomic E-state index is 12.4. The van der Waals surface area contributed by atoms with Gasteiger partial charge in [-0.25, -0.2) is 0 Å². The van der Waals surface area contributed by atoms with Crippen LogP contribution >= 0.6 is 0 Å². The van der Waals surface area contributed by atoms with Crippen LogP contribution in [-0.4, -0.2) is 12.4 Å². The number of Topliss-reactive ketones (excluding diaryl/α,β-unsaturated/α-hetero) is 1. The molecule has 2 aromatic carbocycles. The lowest BCUT2D eigenvalue weighted by molar-refractivity contribution is 0.0987. The second-order valence-corrected chi connectivity index (χ2v) is 4.38. The van der Waals surface area contributed by atoms with Crippen molar-refractivity contribution in [1.82, 2.24) is 0 Å². The van der Waals surface area contributed by atoms with Crippen LogP contribution in [0, 0.1) is 4.91 Å². The van der Waals surface area contributed by atoms with Crippen molar-refractivity contribution in [3.05, 3.63) is 76.2 Å². The molecule has 0 aliphatic heterocycles. The molecule has 0 atom stereocenters. The van der Waals surface area contributed by atoms with E-state index in [-0.39, 0.29) is 12.4 Å².